The molecule has 4 rings (SSSR count). The summed E-state index contributed by atoms with van der Waals surface area (Å²) in [6.07, 6.45) is 2.60. The Kier molecular flexibility index (Phi) is 4.99. The third kappa shape index (κ3) is 2.96. The number of nitrogens with one attached hydrogen (secondary N) is 1. The molecule has 1 heterocycles. The van der Waals surface area contributed by atoms with E-state index < -0.39 is 17.7 Å². The Labute approximate surface area is 165 Å². The minimum Gasteiger partial charge on any atom is -0.384 e. The number of carbonyl (C=O) groups excluding carboxylic acids is 1. The summed E-state index contributed by atoms with van der Waals surface area (Å²) >= 11 is 0. The van der Waals surface area contributed by atoms with Crippen LogP contribution < -0.4 is 5.32 Å². The largest absolute Gasteiger partial charge is 0.384 e. The first-order valence-electron chi connectivity index (χ1n) is 10.1. The predicted molar refractivity (Wildman–Crippen MR) is 101 cm³/mol. The molecule has 5 atom stereocenters. The van der Waals surface area contributed by atoms with Crippen LogP contribution in [-0.4, -0.2) is 32.3 Å². The zero-order valence-corrected chi connectivity index (χ0v) is 16.8. The summed E-state index contributed by atoms with van der Waals surface area (Å²) < 4.78 is 39.4. The van der Waals surface area contributed by atoms with Crippen molar-refractivity contribution in [1.29, 1.82) is 0 Å². The van der Waals surface area contributed by atoms with Crippen LogP contribution in [0.5, 0.6) is 0 Å². The number of methoxy groups -OCH3 is 1. The van der Waals surface area contributed by atoms with E-state index in [9.17, 15) is 13.6 Å². The lowest BCUT2D eigenvalue weighted by molar-refractivity contribution is -0.138. The van der Waals surface area contributed by atoms with Gasteiger partial charge in [-0.25, -0.2) is 8.78 Å². The van der Waals surface area contributed by atoms with E-state index in [1.807, 2.05) is 0 Å². The molecule has 154 valence electrons. The highest BCUT2D eigenvalue weighted by Gasteiger charge is 2.68. The van der Waals surface area contributed by atoms with Gasteiger partial charge in [0.2, 0.25) is 5.91 Å². The van der Waals surface area contributed by atoms with Crippen LogP contribution in [0.1, 0.15) is 51.2 Å². The van der Waals surface area contributed by atoms with Crippen LogP contribution in [0.15, 0.2) is 18.2 Å². The molecule has 1 spiro atoms. The molecule has 1 N–H and O–H groups in total. The van der Waals surface area contributed by atoms with E-state index in [4.69, 9.17) is 9.47 Å². The van der Waals surface area contributed by atoms with Crippen molar-refractivity contribution in [2.45, 2.75) is 51.7 Å². The van der Waals surface area contributed by atoms with E-state index in [-0.39, 0.29) is 28.7 Å². The fourth-order valence-corrected chi connectivity index (χ4v) is 6.26. The van der Waals surface area contributed by atoms with Crippen LogP contribution in [-0.2, 0) is 14.3 Å². The number of carbonyl (C=O) groups is 1. The van der Waals surface area contributed by atoms with Crippen molar-refractivity contribution in [3.8, 4) is 0 Å². The number of hydrogen-bond acceptors (Lipinski definition) is 3. The van der Waals surface area contributed by atoms with Crippen molar-refractivity contribution in [2.24, 2.45) is 22.7 Å². The van der Waals surface area contributed by atoms with Gasteiger partial charge in [-0.15, -0.1) is 0 Å². The first-order chi connectivity index (χ1) is 13.3. The number of rotatable bonds is 5. The van der Waals surface area contributed by atoms with Gasteiger partial charge in [-0.05, 0) is 60.1 Å². The smallest absolute Gasteiger partial charge is 0.222 e. The lowest BCUT2D eigenvalue weighted by Gasteiger charge is -2.53. The van der Waals surface area contributed by atoms with Gasteiger partial charge in [0.05, 0.1) is 12.7 Å². The molecule has 28 heavy (non-hydrogen) atoms. The molecule has 6 heteroatoms. The summed E-state index contributed by atoms with van der Waals surface area (Å²) in [6.45, 7) is 5.32. The van der Waals surface area contributed by atoms with E-state index in [1.165, 1.54) is 12.1 Å². The molecule has 1 aromatic carbocycles. The Balaban J connectivity index is 1.66. The summed E-state index contributed by atoms with van der Waals surface area (Å²) in [4.78, 5) is 12.5. The number of ether oxygens (including phenoxy) is 2. The van der Waals surface area contributed by atoms with Gasteiger partial charge in [0, 0.05) is 31.7 Å². The first kappa shape index (κ1) is 19.8. The molecule has 0 aromatic heterocycles. The van der Waals surface area contributed by atoms with Gasteiger partial charge < -0.3 is 14.8 Å². The van der Waals surface area contributed by atoms with Crippen LogP contribution in [0, 0.1) is 34.3 Å². The van der Waals surface area contributed by atoms with Gasteiger partial charge >= 0.3 is 0 Å². The van der Waals surface area contributed by atoms with Gasteiger partial charge in [-0.2, -0.15) is 0 Å². The van der Waals surface area contributed by atoms with Crippen LogP contribution >= 0.6 is 0 Å². The van der Waals surface area contributed by atoms with E-state index >= 15 is 0 Å². The summed E-state index contributed by atoms with van der Waals surface area (Å²) in [5, 5.41) is 3.28. The Morgan fingerprint density at radius 3 is 2.89 bits per heavy atom. The number of hydrogen-bond donors (Lipinski definition) is 1. The highest BCUT2D eigenvalue weighted by molar-refractivity contribution is 5.76. The van der Waals surface area contributed by atoms with Crippen LogP contribution in [0.3, 0.4) is 0 Å². The van der Waals surface area contributed by atoms with Gasteiger partial charge in [-0.1, -0.05) is 13.8 Å². The number of fused-ring (bicyclic) bond motifs is 1. The van der Waals surface area contributed by atoms with Crippen molar-refractivity contribution in [3.63, 3.8) is 0 Å². The summed E-state index contributed by atoms with van der Waals surface area (Å²) in [7, 11) is 1.58. The molecule has 3 aliphatic rings. The quantitative estimate of drug-likeness (QED) is 0.823. The lowest BCUT2D eigenvalue weighted by Crippen LogP contribution is -2.59. The highest BCUT2D eigenvalue weighted by Crippen LogP contribution is 2.70. The average molecular weight is 393 g/mol. The summed E-state index contributed by atoms with van der Waals surface area (Å²) in [5.74, 6) is -0.395. The maximum atomic E-state index is 14.5. The second kappa shape index (κ2) is 7.06. The molecule has 3 fully saturated rings. The summed E-state index contributed by atoms with van der Waals surface area (Å²) in [6, 6.07) is 3.58. The fourth-order valence-electron chi connectivity index (χ4n) is 6.26. The van der Waals surface area contributed by atoms with Gasteiger partial charge in [0.15, 0.2) is 0 Å². The monoisotopic (exact) mass is 393 g/mol. The van der Waals surface area contributed by atoms with Gasteiger partial charge in [-0.3, -0.25) is 4.79 Å². The van der Waals surface area contributed by atoms with E-state index in [0.717, 1.165) is 25.3 Å². The van der Waals surface area contributed by atoms with Gasteiger partial charge in [0.1, 0.15) is 11.6 Å². The number of amides is 1. The lowest BCUT2D eigenvalue weighted by atomic mass is 9.58. The van der Waals surface area contributed by atoms with E-state index in [0.29, 0.717) is 31.1 Å². The maximum absolute atomic E-state index is 14.5. The Morgan fingerprint density at radius 2 is 2.14 bits per heavy atom. The van der Waals surface area contributed by atoms with Crippen LogP contribution in [0.25, 0.3) is 0 Å². The van der Waals surface area contributed by atoms with Crippen molar-refractivity contribution in [2.75, 3.05) is 20.3 Å². The van der Waals surface area contributed by atoms with Crippen LogP contribution in [0.2, 0.25) is 0 Å². The average Bonchev–Trinajstić information content (AvgIpc) is 3.14. The second-order valence-electron chi connectivity index (χ2n) is 9.25. The fraction of sp³-hybridized carbons (Fsp3) is 0.682. The minimum atomic E-state index is -0.469. The summed E-state index contributed by atoms with van der Waals surface area (Å²) in [5.41, 5.74) is 0.124. The molecule has 2 aliphatic carbocycles. The number of halogens is 2. The molecule has 2 saturated carbocycles. The van der Waals surface area contributed by atoms with Crippen molar-refractivity contribution in [3.05, 3.63) is 35.4 Å². The second-order valence-corrected chi connectivity index (χ2v) is 9.25. The zero-order valence-electron chi connectivity index (χ0n) is 16.8. The van der Waals surface area contributed by atoms with E-state index in [2.05, 4.69) is 19.2 Å². The molecular weight excluding hydrogens is 364 g/mol. The SMILES string of the molecule is COCCC(=O)N[C@@H]1C(C)(C)[C@@H]2C[C@@H]3[C@@H](c4cc(F)ccc4F)OCC[C@@]31C2. The topological polar surface area (TPSA) is 47.6 Å². The molecule has 1 amide bonds. The third-order valence-electron chi connectivity index (χ3n) is 7.61. The Bertz CT molecular complexity index is 768. The predicted octanol–water partition coefficient (Wildman–Crippen LogP) is 4.00. The molecule has 1 aromatic rings. The molecule has 1 saturated heterocycles. The van der Waals surface area contributed by atoms with Crippen molar-refractivity contribution < 1.29 is 23.0 Å². The minimum absolute atomic E-state index is 0.00359. The van der Waals surface area contributed by atoms with Crippen molar-refractivity contribution >= 4 is 5.91 Å². The van der Waals surface area contributed by atoms with Crippen LogP contribution in [0.4, 0.5) is 8.78 Å². The molecular formula is C22H29F2NO3. The Morgan fingerprint density at radius 1 is 1.36 bits per heavy atom. The highest BCUT2D eigenvalue weighted by atomic mass is 19.1. The third-order valence-corrected chi connectivity index (χ3v) is 7.61. The normalized spacial score (nSPS) is 35.6. The standard InChI is InChI=1S/C22H29F2NO3/c1-21(2)13-10-16-19(15-11-14(23)4-5-17(15)24)28-9-7-22(16,12-13)20(21)25-18(26)6-8-27-3/h4-5,11,13,16,19-20H,6-10,12H2,1-3H3,(H,25,26)/t13-,16-,19-,20-,22-/m1/s1. The maximum Gasteiger partial charge on any atom is 0.222 e. The molecule has 0 radical (unpaired) electrons. The Hall–Kier alpha value is -1.53. The first-order valence-corrected chi connectivity index (χ1v) is 10.1. The molecule has 4 nitrogen and oxygen atoms in total. The molecule has 0 unspecified atom stereocenters. The molecule has 2 bridgehead atoms. The number of benzene rings is 1. The van der Waals surface area contributed by atoms with E-state index in [1.54, 1.807) is 7.11 Å². The van der Waals surface area contributed by atoms with Gasteiger partial charge in [0.25, 0.3) is 0 Å². The van der Waals surface area contributed by atoms with Crippen molar-refractivity contribution in [1.82, 2.24) is 5.32 Å². The molecule has 1 aliphatic heterocycles. The zero-order chi connectivity index (χ0) is 20.1.